The quantitative estimate of drug-likeness (QED) is 0.789. The third-order valence-electron chi connectivity index (χ3n) is 2.84. The molecule has 3 nitrogen and oxygen atoms in total. The van der Waals surface area contributed by atoms with Gasteiger partial charge in [0.2, 0.25) is 0 Å². The minimum absolute atomic E-state index is 0.0410. The zero-order valence-electron chi connectivity index (χ0n) is 10.4. The molecule has 90 valence electrons. The molecule has 2 unspecified atom stereocenters. The maximum atomic E-state index is 8.98. The number of aryl methyl sites for hydroxylation is 1. The first-order valence-electron chi connectivity index (χ1n) is 5.69. The Morgan fingerprint density at radius 1 is 1.31 bits per heavy atom. The predicted molar refractivity (Wildman–Crippen MR) is 67.3 cm³/mol. The third kappa shape index (κ3) is 3.30. The summed E-state index contributed by atoms with van der Waals surface area (Å²) in [6, 6.07) is 8.61. The molecule has 0 saturated heterocycles. The normalized spacial score (nSPS) is 15.1. The largest absolute Gasteiger partial charge is 0.395 e. The second kappa shape index (κ2) is 5.99. The van der Waals surface area contributed by atoms with E-state index in [9.17, 15) is 0 Å². The molecule has 0 amide bonds. The number of nitrogens with zero attached hydrogens (tertiary/aromatic N) is 1. The molecule has 0 aliphatic rings. The van der Waals surface area contributed by atoms with Crippen LogP contribution in [-0.4, -0.2) is 36.2 Å². The number of likely N-dealkylation sites (N-methyl/N-ethyl adjacent to an activating group) is 1. The molecule has 0 aromatic heterocycles. The van der Waals surface area contributed by atoms with Gasteiger partial charge in [-0.2, -0.15) is 0 Å². The molecule has 0 saturated carbocycles. The Hall–Kier alpha value is -0.900. The summed E-state index contributed by atoms with van der Waals surface area (Å²) in [4.78, 5) is 2.09. The molecule has 2 atom stereocenters. The van der Waals surface area contributed by atoms with Crippen LogP contribution in [0.1, 0.15) is 24.1 Å². The summed E-state index contributed by atoms with van der Waals surface area (Å²) < 4.78 is 0. The molecule has 0 spiro atoms. The maximum absolute atomic E-state index is 8.98. The molecule has 1 rings (SSSR count). The average Bonchev–Trinajstić information content (AvgIpc) is 2.21. The highest BCUT2D eigenvalue weighted by molar-refractivity contribution is 5.25. The third-order valence-corrected chi connectivity index (χ3v) is 2.84. The summed E-state index contributed by atoms with van der Waals surface area (Å²) in [5.41, 5.74) is 8.47. The number of aliphatic hydroxyl groups excluding tert-OH is 1. The summed E-state index contributed by atoms with van der Waals surface area (Å²) >= 11 is 0. The summed E-state index contributed by atoms with van der Waals surface area (Å²) in [5, 5.41) is 8.98. The monoisotopic (exact) mass is 222 g/mol. The van der Waals surface area contributed by atoms with Crippen LogP contribution in [0.2, 0.25) is 0 Å². The molecule has 0 radical (unpaired) electrons. The van der Waals surface area contributed by atoms with E-state index < -0.39 is 0 Å². The summed E-state index contributed by atoms with van der Waals surface area (Å²) in [7, 11) is 1.99. The molecule has 0 bridgehead atoms. The van der Waals surface area contributed by atoms with Crippen molar-refractivity contribution >= 4 is 0 Å². The van der Waals surface area contributed by atoms with Crippen molar-refractivity contribution in [2.24, 2.45) is 5.73 Å². The van der Waals surface area contributed by atoms with Crippen molar-refractivity contribution in [2.75, 3.05) is 20.2 Å². The van der Waals surface area contributed by atoms with Gasteiger partial charge in [0.05, 0.1) is 6.61 Å². The molecule has 0 aliphatic heterocycles. The van der Waals surface area contributed by atoms with Gasteiger partial charge in [-0.05, 0) is 26.5 Å². The van der Waals surface area contributed by atoms with E-state index in [1.165, 1.54) is 11.1 Å². The van der Waals surface area contributed by atoms with Crippen LogP contribution < -0.4 is 5.73 Å². The van der Waals surface area contributed by atoms with Crippen molar-refractivity contribution in [3.8, 4) is 0 Å². The standard InChI is InChI=1S/C13H22N2O/c1-10-4-6-12(7-5-10)13(11(2)14)15(3)8-9-16/h4-7,11,13,16H,8-9,14H2,1-3H3. The number of rotatable bonds is 5. The molecule has 0 fully saturated rings. The van der Waals surface area contributed by atoms with Crippen LogP contribution in [0.25, 0.3) is 0 Å². The molecule has 0 heterocycles. The lowest BCUT2D eigenvalue weighted by Crippen LogP contribution is -2.38. The van der Waals surface area contributed by atoms with Gasteiger partial charge in [-0.25, -0.2) is 0 Å². The van der Waals surface area contributed by atoms with Crippen molar-refractivity contribution in [3.63, 3.8) is 0 Å². The smallest absolute Gasteiger partial charge is 0.0558 e. The van der Waals surface area contributed by atoms with Crippen molar-refractivity contribution in [1.82, 2.24) is 4.90 Å². The van der Waals surface area contributed by atoms with Crippen molar-refractivity contribution < 1.29 is 5.11 Å². The SMILES string of the molecule is Cc1ccc(C(C(C)N)N(C)CCO)cc1. The zero-order chi connectivity index (χ0) is 12.1. The van der Waals surface area contributed by atoms with Crippen molar-refractivity contribution in [3.05, 3.63) is 35.4 Å². The Labute approximate surface area is 97.9 Å². The minimum atomic E-state index is 0.0410. The highest BCUT2D eigenvalue weighted by Gasteiger charge is 2.20. The van der Waals surface area contributed by atoms with Gasteiger partial charge < -0.3 is 10.8 Å². The first-order valence-corrected chi connectivity index (χ1v) is 5.69. The molecule has 3 heteroatoms. The number of benzene rings is 1. The summed E-state index contributed by atoms with van der Waals surface area (Å²) in [6.07, 6.45) is 0. The van der Waals surface area contributed by atoms with Gasteiger partial charge in [-0.1, -0.05) is 29.8 Å². The number of aliphatic hydroxyl groups is 1. The molecule has 1 aromatic carbocycles. The Kier molecular flexibility index (Phi) is 4.93. The van der Waals surface area contributed by atoms with Gasteiger partial charge in [0.1, 0.15) is 0 Å². The van der Waals surface area contributed by atoms with Gasteiger partial charge in [-0.3, -0.25) is 4.90 Å². The fourth-order valence-corrected chi connectivity index (χ4v) is 2.02. The van der Waals surface area contributed by atoms with Crippen LogP contribution in [0.5, 0.6) is 0 Å². The van der Waals surface area contributed by atoms with Gasteiger partial charge >= 0.3 is 0 Å². The molecular weight excluding hydrogens is 200 g/mol. The fraction of sp³-hybridized carbons (Fsp3) is 0.538. The van der Waals surface area contributed by atoms with Crippen LogP contribution in [0.4, 0.5) is 0 Å². The first-order chi connectivity index (χ1) is 7.56. The molecule has 0 aliphatic carbocycles. The molecule has 1 aromatic rings. The van der Waals surface area contributed by atoms with E-state index >= 15 is 0 Å². The van der Waals surface area contributed by atoms with E-state index in [1.807, 2.05) is 14.0 Å². The Bertz CT molecular complexity index is 308. The van der Waals surface area contributed by atoms with Crippen LogP contribution >= 0.6 is 0 Å². The molecular formula is C13H22N2O. The van der Waals surface area contributed by atoms with Gasteiger partial charge in [0.15, 0.2) is 0 Å². The van der Waals surface area contributed by atoms with E-state index in [1.54, 1.807) is 0 Å². The topological polar surface area (TPSA) is 49.5 Å². The lowest BCUT2D eigenvalue weighted by Gasteiger charge is -2.31. The highest BCUT2D eigenvalue weighted by atomic mass is 16.3. The Morgan fingerprint density at radius 2 is 1.88 bits per heavy atom. The number of hydrogen-bond acceptors (Lipinski definition) is 3. The van der Waals surface area contributed by atoms with E-state index in [-0.39, 0.29) is 18.7 Å². The average molecular weight is 222 g/mol. The van der Waals surface area contributed by atoms with Crippen LogP contribution in [0, 0.1) is 6.92 Å². The van der Waals surface area contributed by atoms with E-state index in [2.05, 4.69) is 36.1 Å². The number of hydrogen-bond donors (Lipinski definition) is 2. The Morgan fingerprint density at radius 3 is 2.31 bits per heavy atom. The van der Waals surface area contributed by atoms with Gasteiger partial charge in [-0.15, -0.1) is 0 Å². The fourth-order valence-electron chi connectivity index (χ4n) is 2.02. The predicted octanol–water partition coefficient (Wildman–Crippen LogP) is 1.31. The van der Waals surface area contributed by atoms with E-state index in [0.29, 0.717) is 6.54 Å². The van der Waals surface area contributed by atoms with Crippen LogP contribution in [-0.2, 0) is 0 Å². The number of nitrogens with two attached hydrogens (primary N) is 1. The zero-order valence-corrected chi connectivity index (χ0v) is 10.4. The molecule has 3 N–H and O–H groups in total. The van der Waals surface area contributed by atoms with Crippen LogP contribution in [0.3, 0.4) is 0 Å². The molecule has 16 heavy (non-hydrogen) atoms. The van der Waals surface area contributed by atoms with Crippen LogP contribution in [0.15, 0.2) is 24.3 Å². The van der Waals surface area contributed by atoms with Crippen molar-refractivity contribution in [1.29, 1.82) is 0 Å². The summed E-state index contributed by atoms with van der Waals surface area (Å²) in [5.74, 6) is 0. The second-order valence-electron chi connectivity index (χ2n) is 4.42. The van der Waals surface area contributed by atoms with Gasteiger partial charge in [0, 0.05) is 18.6 Å². The minimum Gasteiger partial charge on any atom is -0.395 e. The van der Waals surface area contributed by atoms with Crippen molar-refractivity contribution in [2.45, 2.75) is 25.9 Å². The Balaban J connectivity index is 2.89. The maximum Gasteiger partial charge on any atom is 0.0558 e. The van der Waals surface area contributed by atoms with E-state index in [0.717, 1.165) is 0 Å². The summed E-state index contributed by atoms with van der Waals surface area (Å²) in [6.45, 7) is 4.87. The second-order valence-corrected chi connectivity index (χ2v) is 4.42. The lowest BCUT2D eigenvalue weighted by atomic mass is 9.98. The lowest BCUT2D eigenvalue weighted by molar-refractivity contribution is 0.167. The van der Waals surface area contributed by atoms with Gasteiger partial charge in [0.25, 0.3) is 0 Å². The first kappa shape index (κ1) is 13.2. The van der Waals surface area contributed by atoms with E-state index in [4.69, 9.17) is 10.8 Å². The highest BCUT2D eigenvalue weighted by Crippen LogP contribution is 2.22.